The molecule has 0 aliphatic carbocycles. The number of benzene rings is 2. The smallest absolute Gasteiger partial charge is 0.168 e. The minimum atomic E-state index is -0.0140. The van der Waals surface area contributed by atoms with Gasteiger partial charge in [-0.1, -0.05) is 28.1 Å². The van der Waals surface area contributed by atoms with Gasteiger partial charge in [-0.2, -0.15) is 0 Å². The number of nitrogens with two attached hydrogens (primary N) is 1. The van der Waals surface area contributed by atoms with Crippen molar-refractivity contribution >= 4 is 27.4 Å². The van der Waals surface area contributed by atoms with Crippen LogP contribution in [0.4, 0.5) is 5.69 Å². The first-order valence-corrected chi connectivity index (χ1v) is 6.21. The van der Waals surface area contributed by atoms with Crippen LogP contribution in [0.2, 0.25) is 0 Å². The molecular formula is C14H12BrNO2. The van der Waals surface area contributed by atoms with Crippen LogP contribution in [0.1, 0.15) is 15.9 Å². The quantitative estimate of drug-likeness (QED) is 0.676. The molecule has 92 valence electrons. The number of rotatable bonds is 3. The highest BCUT2D eigenvalue weighted by atomic mass is 79.9. The summed E-state index contributed by atoms with van der Waals surface area (Å²) in [5.41, 5.74) is 7.66. The first-order valence-electron chi connectivity index (χ1n) is 5.42. The van der Waals surface area contributed by atoms with Gasteiger partial charge >= 0.3 is 0 Å². The van der Waals surface area contributed by atoms with Gasteiger partial charge in [0.15, 0.2) is 5.78 Å². The number of hydrogen-bond acceptors (Lipinski definition) is 3. The van der Waals surface area contributed by atoms with Crippen LogP contribution in [0.25, 0.3) is 0 Å². The summed E-state index contributed by atoms with van der Waals surface area (Å²) in [6, 6.07) is 11.8. The number of anilines is 1. The number of phenolic OH excluding ortho intramolecular Hbond substituents is 1. The molecule has 0 fully saturated rings. The van der Waals surface area contributed by atoms with E-state index in [0.717, 1.165) is 10.0 Å². The Morgan fingerprint density at radius 2 is 1.83 bits per heavy atom. The maximum atomic E-state index is 12.1. The van der Waals surface area contributed by atoms with Crippen LogP contribution in [-0.4, -0.2) is 10.9 Å². The third-order valence-corrected chi connectivity index (χ3v) is 3.28. The zero-order valence-electron chi connectivity index (χ0n) is 9.56. The molecule has 0 heterocycles. The molecule has 0 amide bonds. The monoisotopic (exact) mass is 305 g/mol. The Balaban J connectivity index is 2.21. The molecule has 0 unspecified atom stereocenters. The lowest BCUT2D eigenvalue weighted by molar-refractivity contribution is 0.0992. The standard InChI is InChI=1S/C14H12BrNO2/c15-13-6-3-10(16)8-12(13)14(18)7-9-1-4-11(17)5-2-9/h1-6,8,17H,7,16H2. The third-order valence-electron chi connectivity index (χ3n) is 2.59. The Labute approximate surface area is 113 Å². The topological polar surface area (TPSA) is 63.3 Å². The highest BCUT2D eigenvalue weighted by Crippen LogP contribution is 2.21. The molecular weight excluding hydrogens is 294 g/mol. The van der Waals surface area contributed by atoms with E-state index in [1.807, 2.05) is 0 Å². The van der Waals surface area contributed by atoms with Gasteiger partial charge < -0.3 is 10.8 Å². The lowest BCUT2D eigenvalue weighted by atomic mass is 10.0. The summed E-state index contributed by atoms with van der Waals surface area (Å²) in [4.78, 5) is 12.1. The van der Waals surface area contributed by atoms with Crippen LogP contribution in [-0.2, 0) is 6.42 Å². The van der Waals surface area contributed by atoms with E-state index < -0.39 is 0 Å². The van der Waals surface area contributed by atoms with Gasteiger partial charge in [0.05, 0.1) is 0 Å². The Morgan fingerprint density at radius 3 is 2.50 bits per heavy atom. The summed E-state index contributed by atoms with van der Waals surface area (Å²) in [6.45, 7) is 0. The Hall–Kier alpha value is -1.81. The van der Waals surface area contributed by atoms with E-state index in [1.165, 1.54) is 0 Å². The SMILES string of the molecule is Nc1ccc(Br)c(C(=O)Cc2ccc(O)cc2)c1. The second-order valence-corrected chi connectivity index (χ2v) is 4.86. The lowest BCUT2D eigenvalue weighted by Crippen LogP contribution is -2.05. The van der Waals surface area contributed by atoms with Crippen LogP contribution in [0.15, 0.2) is 46.9 Å². The number of halogens is 1. The molecule has 3 nitrogen and oxygen atoms in total. The van der Waals surface area contributed by atoms with E-state index in [1.54, 1.807) is 42.5 Å². The predicted octanol–water partition coefficient (Wildman–Crippen LogP) is 3.16. The minimum Gasteiger partial charge on any atom is -0.508 e. The highest BCUT2D eigenvalue weighted by Gasteiger charge is 2.11. The summed E-state index contributed by atoms with van der Waals surface area (Å²) in [5, 5.41) is 9.18. The zero-order valence-corrected chi connectivity index (χ0v) is 11.1. The van der Waals surface area contributed by atoms with Gasteiger partial charge in [0.25, 0.3) is 0 Å². The summed E-state index contributed by atoms with van der Waals surface area (Å²) in [6.07, 6.45) is 0.280. The molecule has 0 saturated heterocycles. The van der Waals surface area contributed by atoms with Crippen molar-refractivity contribution in [3.63, 3.8) is 0 Å². The van der Waals surface area contributed by atoms with Crippen molar-refractivity contribution in [1.82, 2.24) is 0 Å². The number of nitrogen functional groups attached to an aromatic ring is 1. The number of aromatic hydroxyl groups is 1. The van der Waals surface area contributed by atoms with E-state index in [-0.39, 0.29) is 18.0 Å². The van der Waals surface area contributed by atoms with Crippen molar-refractivity contribution in [1.29, 1.82) is 0 Å². The fourth-order valence-electron chi connectivity index (χ4n) is 1.65. The van der Waals surface area contributed by atoms with Gasteiger partial charge in [-0.15, -0.1) is 0 Å². The molecule has 0 spiro atoms. The Morgan fingerprint density at radius 1 is 1.17 bits per heavy atom. The normalized spacial score (nSPS) is 10.3. The number of phenols is 1. The zero-order chi connectivity index (χ0) is 13.1. The van der Waals surface area contributed by atoms with Crippen LogP contribution in [0, 0.1) is 0 Å². The maximum Gasteiger partial charge on any atom is 0.168 e. The predicted molar refractivity (Wildman–Crippen MR) is 74.7 cm³/mol. The van der Waals surface area contributed by atoms with Gasteiger partial charge in [-0.25, -0.2) is 0 Å². The van der Waals surface area contributed by atoms with Crippen molar-refractivity contribution in [2.24, 2.45) is 0 Å². The molecule has 0 aliphatic heterocycles. The second-order valence-electron chi connectivity index (χ2n) is 4.01. The minimum absolute atomic E-state index is 0.0140. The second kappa shape index (κ2) is 5.23. The number of ketones is 1. The fraction of sp³-hybridized carbons (Fsp3) is 0.0714. The molecule has 18 heavy (non-hydrogen) atoms. The lowest BCUT2D eigenvalue weighted by Gasteiger charge is -2.05. The average Bonchev–Trinajstić information content (AvgIpc) is 2.35. The van der Waals surface area contributed by atoms with Crippen molar-refractivity contribution < 1.29 is 9.90 Å². The molecule has 0 saturated carbocycles. The van der Waals surface area contributed by atoms with Crippen molar-refractivity contribution in [2.45, 2.75) is 6.42 Å². The first-order chi connectivity index (χ1) is 8.56. The van der Waals surface area contributed by atoms with E-state index in [9.17, 15) is 9.90 Å². The van der Waals surface area contributed by atoms with Crippen LogP contribution in [0.5, 0.6) is 5.75 Å². The number of carbonyl (C=O) groups excluding carboxylic acids is 1. The third kappa shape index (κ3) is 2.90. The van der Waals surface area contributed by atoms with Gasteiger partial charge in [0, 0.05) is 22.1 Å². The maximum absolute atomic E-state index is 12.1. The molecule has 0 radical (unpaired) electrons. The molecule has 2 rings (SSSR count). The number of carbonyl (C=O) groups is 1. The molecule has 0 atom stereocenters. The van der Waals surface area contributed by atoms with Gasteiger partial charge in [0.1, 0.15) is 5.75 Å². The van der Waals surface area contributed by atoms with E-state index in [2.05, 4.69) is 15.9 Å². The largest absolute Gasteiger partial charge is 0.508 e. The van der Waals surface area contributed by atoms with Gasteiger partial charge in [0.2, 0.25) is 0 Å². The number of Topliss-reactive ketones (excluding diaryl/α,β-unsaturated/α-hetero) is 1. The summed E-state index contributed by atoms with van der Waals surface area (Å²) in [5.74, 6) is 0.177. The van der Waals surface area contributed by atoms with Crippen molar-refractivity contribution in [2.75, 3.05) is 5.73 Å². The van der Waals surface area contributed by atoms with E-state index >= 15 is 0 Å². The molecule has 2 aromatic carbocycles. The van der Waals surface area contributed by atoms with Gasteiger partial charge in [-0.05, 0) is 35.9 Å². The summed E-state index contributed by atoms with van der Waals surface area (Å²) in [7, 11) is 0. The molecule has 4 heteroatoms. The fourth-order valence-corrected chi connectivity index (χ4v) is 2.12. The molecule has 0 aromatic heterocycles. The Kier molecular flexibility index (Phi) is 3.67. The van der Waals surface area contributed by atoms with Crippen LogP contribution in [0.3, 0.4) is 0 Å². The summed E-state index contributed by atoms with van der Waals surface area (Å²) >= 11 is 3.34. The Bertz CT molecular complexity index is 579. The van der Waals surface area contributed by atoms with E-state index in [4.69, 9.17) is 5.73 Å². The van der Waals surface area contributed by atoms with Crippen LogP contribution < -0.4 is 5.73 Å². The molecule has 0 bridgehead atoms. The van der Waals surface area contributed by atoms with Gasteiger partial charge in [-0.3, -0.25) is 4.79 Å². The summed E-state index contributed by atoms with van der Waals surface area (Å²) < 4.78 is 0.737. The van der Waals surface area contributed by atoms with E-state index in [0.29, 0.717) is 11.3 Å². The van der Waals surface area contributed by atoms with Crippen molar-refractivity contribution in [3.05, 3.63) is 58.1 Å². The first kappa shape index (κ1) is 12.6. The molecule has 3 N–H and O–H groups in total. The van der Waals surface area contributed by atoms with Crippen LogP contribution >= 0.6 is 15.9 Å². The molecule has 2 aromatic rings. The van der Waals surface area contributed by atoms with Crippen molar-refractivity contribution in [3.8, 4) is 5.75 Å². The average molecular weight is 306 g/mol. The number of hydrogen-bond donors (Lipinski definition) is 2. The highest BCUT2D eigenvalue weighted by molar-refractivity contribution is 9.10. The molecule has 0 aliphatic rings.